The Hall–Kier alpha value is -2.11. The van der Waals surface area contributed by atoms with E-state index in [9.17, 15) is 4.79 Å². The molecule has 5 heteroatoms. The van der Waals surface area contributed by atoms with E-state index in [4.69, 9.17) is 0 Å². The number of fused-ring (bicyclic) bond motifs is 1. The fraction of sp³-hybridized carbons (Fsp3) is 0.211. The van der Waals surface area contributed by atoms with Crippen LogP contribution in [0.4, 0.5) is 0 Å². The third-order valence-corrected chi connectivity index (χ3v) is 4.44. The fourth-order valence-corrected chi connectivity index (χ4v) is 3.16. The summed E-state index contributed by atoms with van der Waals surface area (Å²) >= 11 is 3.47. The van der Waals surface area contributed by atoms with Crippen LogP contribution in [-0.2, 0) is 0 Å². The van der Waals surface area contributed by atoms with E-state index in [1.165, 1.54) is 0 Å². The molecule has 4 nitrogen and oxygen atoms in total. The lowest BCUT2D eigenvalue weighted by atomic mass is 10.1. The highest BCUT2D eigenvalue weighted by atomic mass is 79.9. The average molecular weight is 386 g/mol. The van der Waals surface area contributed by atoms with Gasteiger partial charge >= 0.3 is 0 Å². The van der Waals surface area contributed by atoms with Crippen LogP contribution in [0.3, 0.4) is 0 Å². The molecule has 0 fully saturated rings. The second-order valence-electron chi connectivity index (χ2n) is 6.09. The monoisotopic (exact) mass is 385 g/mol. The topological polar surface area (TPSA) is 48.1 Å². The van der Waals surface area contributed by atoms with E-state index in [2.05, 4.69) is 31.1 Å². The van der Waals surface area contributed by atoms with Crippen molar-refractivity contribution in [2.75, 3.05) is 20.6 Å². The maximum atomic E-state index is 12.8. The van der Waals surface area contributed by atoms with E-state index in [0.29, 0.717) is 5.56 Å². The predicted molar refractivity (Wildman–Crippen MR) is 101 cm³/mol. The van der Waals surface area contributed by atoms with Crippen LogP contribution in [0.2, 0.25) is 0 Å². The van der Waals surface area contributed by atoms with Crippen LogP contribution in [0.15, 0.2) is 59.2 Å². The molecule has 0 aliphatic carbocycles. The van der Waals surface area contributed by atoms with E-state index in [1.54, 1.807) is 6.20 Å². The first-order valence-electron chi connectivity index (χ1n) is 7.82. The Labute approximate surface area is 150 Å². The quantitative estimate of drug-likeness (QED) is 0.697. The number of benzene rings is 2. The lowest BCUT2D eigenvalue weighted by molar-refractivity contribution is 0.0931. The molecule has 0 radical (unpaired) electrons. The normalized spacial score (nSPS) is 12.5. The highest BCUT2D eigenvalue weighted by molar-refractivity contribution is 9.10. The Morgan fingerprint density at radius 2 is 1.96 bits per heavy atom. The van der Waals surface area contributed by atoms with E-state index in [1.807, 2.05) is 62.6 Å². The lowest BCUT2D eigenvalue weighted by Crippen LogP contribution is -2.35. The second kappa shape index (κ2) is 7.20. The van der Waals surface area contributed by atoms with Crippen molar-refractivity contribution < 1.29 is 4.79 Å². The summed E-state index contributed by atoms with van der Waals surface area (Å²) in [6.07, 6.45) is 1.77. The molecular formula is C19H20BrN3O. The zero-order valence-corrected chi connectivity index (χ0v) is 15.3. The SMILES string of the molecule is CN(C)C[C@@H](NC(=O)c1c[nH]c2ccc(Br)cc12)c1ccccc1. The van der Waals surface area contributed by atoms with Gasteiger partial charge in [0.05, 0.1) is 11.6 Å². The van der Waals surface area contributed by atoms with Crippen LogP contribution >= 0.6 is 15.9 Å². The van der Waals surface area contributed by atoms with Crippen molar-refractivity contribution in [2.45, 2.75) is 6.04 Å². The highest BCUT2D eigenvalue weighted by Gasteiger charge is 2.19. The molecule has 1 aromatic heterocycles. The van der Waals surface area contributed by atoms with Gasteiger partial charge in [-0.2, -0.15) is 0 Å². The number of amides is 1. The maximum Gasteiger partial charge on any atom is 0.253 e. The summed E-state index contributed by atoms with van der Waals surface area (Å²) < 4.78 is 0.955. The van der Waals surface area contributed by atoms with Crippen molar-refractivity contribution in [3.63, 3.8) is 0 Å². The number of hydrogen-bond donors (Lipinski definition) is 2. The summed E-state index contributed by atoms with van der Waals surface area (Å²) in [4.78, 5) is 18.1. The van der Waals surface area contributed by atoms with Crippen molar-refractivity contribution in [3.05, 3.63) is 70.3 Å². The lowest BCUT2D eigenvalue weighted by Gasteiger charge is -2.22. The minimum absolute atomic E-state index is 0.0641. The van der Waals surface area contributed by atoms with Crippen LogP contribution in [0.25, 0.3) is 10.9 Å². The smallest absolute Gasteiger partial charge is 0.253 e. The fourth-order valence-electron chi connectivity index (χ4n) is 2.80. The average Bonchev–Trinajstić information content (AvgIpc) is 2.97. The summed E-state index contributed by atoms with van der Waals surface area (Å²) in [5.74, 6) is -0.0740. The Balaban J connectivity index is 1.88. The largest absolute Gasteiger partial charge is 0.360 e. The number of halogens is 1. The van der Waals surface area contributed by atoms with Crippen LogP contribution < -0.4 is 5.32 Å². The number of likely N-dealkylation sites (N-methyl/N-ethyl adjacent to an activating group) is 1. The van der Waals surface area contributed by atoms with E-state index in [-0.39, 0.29) is 11.9 Å². The molecule has 0 saturated heterocycles. The molecule has 1 amide bonds. The molecule has 0 aliphatic heterocycles. The summed E-state index contributed by atoms with van der Waals surface area (Å²) in [6.45, 7) is 0.738. The molecule has 3 rings (SSSR count). The van der Waals surface area contributed by atoms with Crippen molar-refractivity contribution in [2.24, 2.45) is 0 Å². The van der Waals surface area contributed by atoms with Gasteiger partial charge in [0.2, 0.25) is 0 Å². The molecule has 0 spiro atoms. The molecule has 0 saturated carbocycles. The molecule has 1 heterocycles. The van der Waals surface area contributed by atoms with E-state index < -0.39 is 0 Å². The third kappa shape index (κ3) is 3.68. The van der Waals surface area contributed by atoms with Gasteiger partial charge < -0.3 is 15.2 Å². The number of carbonyl (C=O) groups is 1. The summed E-state index contributed by atoms with van der Waals surface area (Å²) in [5, 5.41) is 4.08. The first-order valence-corrected chi connectivity index (χ1v) is 8.61. The second-order valence-corrected chi connectivity index (χ2v) is 7.01. The van der Waals surface area contributed by atoms with Crippen molar-refractivity contribution in [3.8, 4) is 0 Å². The zero-order valence-electron chi connectivity index (χ0n) is 13.7. The van der Waals surface area contributed by atoms with Gasteiger partial charge in [0.1, 0.15) is 0 Å². The van der Waals surface area contributed by atoms with E-state index in [0.717, 1.165) is 27.5 Å². The van der Waals surface area contributed by atoms with Gasteiger partial charge in [-0.15, -0.1) is 0 Å². The van der Waals surface area contributed by atoms with Crippen molar-refractivity contribution in [1.29, 1.82) is 0 Å². The molecule has 2 aromatic carbocycles. The molecule has 124 valence electrons. The van der Waals surface area contributed by atoms with Gasteiger partial charge in [0.15, 0.2) is 0 Å². The van der Waals surface area contributed by atoms with Gasteiger partial charge in [-0.1, -0.05) is 46.3 Å². The van der Waals surface area contributed by atoms with Gasteiger partial charge in [-0.05, 0) is 37.9 Å². The third-order valence-electron chi connectivity index (χ3n) is 3.94. The minimum atomic E-state index is -0.0740. The van der Waals surface area contributed by atoms with Crippen LogP contribution in [-0.4, -0.2) is 36.4 Å². The number of rotatable bonds is 5. The van der Waals surface area contributed by atoms with Crippen molar-refractivity contribution in [1.82, 2.24) is 15.2 Å². The van der Waals surface area contributed by atoms with Crippen LogP contribution in [0, 0.1) is 0 Å². The highest BCUT2D eigenvalue weighted by Crippen LogP contribution is 2.23. The Morgan fingerprint density at radius 3 is 2.67 bits per heavy atom. The number of nitrogens with one attached hydrogen (secondary N) is 2. The Kier molecular flexibility index (Phi) is 5.02. The van der Waals surface area contributed by atoms with Crippen LogP contribution in [0.5, 0.6) is 0 Å². The Morgan fingerprint density at radius 1 is 1.21 bits per heavy atom. The van der Waals surface area contributed by atoms with Crippen LogP contribution in [0.1, 0.15) is 22.0 Å². The summed E-state index contributed by atoms with van der Waals surface area (Å²) in [6, 6.07) is 15.9. The van der Waals surface area contributed by atoms with Crippen molar-refractivity contribution >= 4 is 32.7 Å². The minimum Gasteiger partial charge on any atom is -0.360 e. The van der Waals surface area contributed by atoms with Gasteiger partial charge in [0, 0.05) is 28.1 Å². The first kappa shape index (κ1) is 16.7. The molecule has 0 bridgehead atoms. The van der Waals surface area contributed by atoms with E-state index >= 15 is 0 Å². The number of carbonyl (C=O) groups excluding carboxylic acids is 1. The summed E-state index contributed by atoms with van der Waals surface area (Å²) in [7, 11) is 4.01. The van der Waals surface area contributed by atoms with Gasteiger partial charge in [0.25, 0.3) is 5.91 Å². The number of H-pyrrole nitrogens is 1. The molecule has 3 aromatic rings. The predicted octanol–water partition coefficient (Wildman–Crippen LogP) is 3.96. The zero-order chi connectivity index (χ0) is 17.1. The summed E-state index contributed by atoms with van der Waals surface area (Å²) in [5.41, 5.74) is 2.71. The number of nitrogens with zero attached hydrogens (tertiary/aromatic N) is 1. The van der Waals surface area contributed by atoms with Gasteiger partial charge in [-0.3, -0.25) is 4.79 Å². The molecule has 1 atom stereocenters. The number of aromatic nitrogens is 1. The number of hydrogen-bond acceptors (Lipinski definition) is 2. The number of aromatic amines is 1. The molecule has 2 N–H and O–H groups in total. The molecule has 0 unspecified atom stereocenters. The first-order chi connectivity index (χ1) is 11.5. The van der Waals surface area contributed by atoms with Gasteiger partial charge in [-0.25, -0.2) is 0 Å². The maximum absolute atomic E-state index is 12.8. The standard InChI is InChI=1S/C19H20BrN3O/c1-23(2)12-18(13-6-4-3-5-7-13)22-19(24)16-11-21-17-9-8-14(20)10-15(16)17/h3-11,18,21H,12H2,1-2H3,(H,22,24)/t18-/m1/s1. The Bertz CT molecular complexity index is 842. The molecule has 0 aliphatic rings. The molecule has 24 heavy (non-hydrogen) atoms. The molecular weight excluding hydrogens is 366 g/mol.